The van der Waals surface area contributed by atoms with Crippen molar-refractivity contribution < 1.29 is 8.42 Å². The van der Waals surface area contributed by atoms with Crippen LogP contribution in [-0.4, -0.2) is 45.2 Å². The van der Waals surface area contributed by atoms with E-state index in [1.807, 2.05) is 6.07 Å². The molecule has 106 valence electrons. The molecule has 0 saturated carbocycles. The molecule has 2 N–H and O–H groups in total. The predicted molar refractivity (Wildman–Crippen MR) is 76.7 cm³/mol. The van der Waals surface area contributed by atoms with Gasteiger partial charge in [-0.05, 0) is 51.0 Å². The largest absolute Gasteiger partial charge is 0.329 e. The lowest BCUT2D eigenvalue weighted by atomic mass is 9.93. The second-order valence-corrected chi connectivity index (χ2v) is 7.44. The molecule has 1 atom stereocenters. The average Bonchev–Trinajstić information content (AvgIpc) is 2.42. The summed E-state index contributed by atoms with van der Waals surface area (Å²) < 4.78 is 25.3. The Labute approximate surface area is 115 Å². The van der Waals surface area contributed by atoms with Gasteiger partial charge in [0.05, 0.1) is 10.1 Å². The minimum absolute atomic E-state index is 0.173. The summed E-state index contributed by atoms with van der Waals surface area (Å²) in [5, 5.41) is -0.455. The molecule has 0 radical (unpaired) electrons. The van der Waals surface area contributed by atoms with Crippen molar-refractivity contribution in [3.63, 3.8) is 0 Å². The summed E-state index contributed by atoms with van der Waals surface area (Å²) in [4.78, 5) is 2.63. The van der Waals surface area contributed by atoms with Crippen LogP contribution in [0.3, 0.4) is 0 Å². The van der Waals surface area contributed by atoms with Gasteiger partial charge in [-0.15, -0.1) is 0 Å². The van der Waals surface area contributed by atoms with Crippen LogP contribution >= 0.6 is 0 Å². The standard InChI is InChI=1S/C14H22N2O2S/c1-16-9-7-12(8-10-16)14(11-15)19(17,18)13-5-3-2-4-6-13/h2-6,12,14H,7-11,15H2,1H3. The molecule has 0 bridgehead atoms. The zero-order valence-electron chi connectivity index (χ0n) is 11.3. The molecule has 4 nitrogen and oxygen atoms in total. The van der Waals surface area contributed by atoms with E-state index >= 15 is 0 Å². The molecule has 1 aliphatic heterocycles. The number of hydrogen-bond acceptors (Lipinski definition) is 4. The van der Waals surface area contributed by atoms with Gasteiger partial charge in [-0.2, -0.15) is 0 Å². The Morgan fingerprint density at radius 2 is 1.84 bits per heavy atom. The Kier molecular flexibility index (Phi) is 4.60. The summed E-state index contributed by atoms with van der Waals surface area (Å²) in [7, 11) is -1.24. The van der Waals surface area contributed by atoms with Gasteiger partial charge in [0.1, 0.15) is 0 Å². The van der Waals surface area contributed by atoms with Gasteiger partial charge >= 0.3 is 0 Å². The summed E-state index contributed by atoms with van der Waals surface area (Å²) in [5.41, 5.74) is 5.77. The van der Waals surface area contributed by atoms with Crippen molar-refractivity contribution in [1.82, 2.24) is 4.90 Å². The highest BCUT2D eigenvalue weighted by Gasteiger charge is 2.34. The molecule has 1 aromatic rings. The van der Waals surface area contributed by atoms with Crippen molar-refractivity contribution in [1.29, 1.82) is 0 Å². The second kappa shape index (κ2) is 6.03. The highest BCUT2D eigenvalue weighted by Crippen LogP contribution is 2.28. The van der Waals surface area contributed by atoms with E-state index < -0.39 is 15.1 Å². The van der Waals surface area contributed by atoms with Gasteiger partial charge < -0.3 is 10.6 Å². The second-order valence-electron chi connectivity index (χ2n) is 5.27. The quantitative estimate of drug-likeness (QED) is 0.899. The van der Waals surface area contributed by atoms with E-state index in [2.05, 4.69) is 11.9 Å². The van der Waals surface area contributed by atoms with Crippen molar-refractivity contribution in [3.8, 4) is 0 Å². The third kappa shape index (κ3) is 3.16. The molecule has 0 aliphatic carbocycles. The topological polar surface area (TPSA) is 63.4 Å². The van der Waals surface area contributed by atoms with Crippen LogP contribution in [0.25, 0.3) is 0 Å². The number of hydrogen-bond donors (Lipinski definition) is 1. The fraction of sp³-hybridized carbons (Fsp3) is 0.571. The summed E-state index contributed by atoms with van der Waals surface area (Å²) in [6, 6.07) is 8.66. The molecule has 2 rings (SSSR count). The van der Waals surface area contributed by atoms with E-state index in [0.29, 0.717) is 4.90 Å². The van der Waals surface area contributed by atoms with Crippen LogP contribution in [0.15, 0.2) is 35.2 Å². The van der Waals surface area contributed by atoms with E-state index in [1.165, 1.54) is 0 Å². The molecule has 0 amide bonds. The maximum Gasteiger partial charge on any atom is 0.182 e. The molecular weight excluding hydrogens is 260 g/mol. The molecule has 0 aromatic heterocycles. The number of benzene rings is 1. The van der Waals surface area contributed by atoms with Gasteiger partial charge in [0.15, 0.2) is 9.84 Å². The first-order chi connectivity index (χ1) is 9.05. The normalized spacial score (nSPS) is 20.3. The third-order valence-corrected chi connectivity index (χ3v) is 6.30. The van der Waals surface area contributed by atoms with Crippen molar-refractivity contribution in [3.05, 3.63) is 30.3 Å². The number of nitrogens with zero attached hydrogens (tertiary/aromatic N) is 1. The lowest BCUT2D eigenvalue weighted by Crippen LogP contribution is -2.42. The lowest BCUT2D eigenvalue weighted by molar-refractivity contribution is 0.215. The predicted octanol–water partition coefficient (Wildman–Crippen LogP) is 1.13. The monoisotopic (exact) mass is 282 g/mol. The minimum Gasteiger partial charge on any atom is -0.329 e. The Morgan fingerprint density at radius 1 is 1.26 bits per heavy atom. The number of rotatable bonds is 4. The molecule has 19 heavy (non-hydrogen) atoms. The van der Waals surface area contributed by atoms with Gasteiger partial charge in [0, 0.05) is 6.54 Å². The summed E-state index contributed by atoms with van der Waals surface area (Å²) in [6.45, 7) is 2.10. The summed E-state index contributed by atoms with van der Waals surface area (Å²) >= 11 is 0. The van der Waals surface area contributed by atoms with Crippen LogP contribution in [0.4, 0.5) is 0 Å². The van der Waals surface area contributed by atoms with Crippen LogP contribution in [0.2, 0.25) is 0 Å². The van der Waals surface area contributed by atoms with E-state index in [1.54, 1.807) is 24.3 Å². The molecule has 1 aliphatic rings. The van der Waals surface area contributed by atoms with Gasteiger partial charge in [-0.25, -0.2) is 8.42 Å². The Balaban J connectivity index is 2.22. The van der Waals surface area contributed by atoms with Crippen molar-refractivity contribution >= 4 is 9.84 Å². The van der Waals surface area contributed by atoms with Crippen LogP contribution in [0.5, 0.6) is 0 Å². The lowest BCUT2D eigenvalue weighted by Gasteiger charge is -2.33. The Hall–Kier alpha value is -0.910. The van der Waals surface area contributed by atoms with Crippen molar-refractivity contribution in [2.45, 2.75) is 23.0 Å². The first-order valence-corrected chi connectivity index (χ1v) is 8.28. The fourth-order valence-corrected chi connectivity index (χ4v) is 4.68. The van der Waals surface area contributed by atoms with Gasteiger partial charge in [-0.3, -0.25) is 0 Å². The first kappa shape index (κ1) is 14.5. The molecule has 1 fully saturated rings. The number of sulfone groups is 1. The molecule has 1 saturated heterocycles. The SMILES string of the molecule is CN1CCC(C(CN)S(=O)(=O)c2ccccc2)CC1. The first-order valence-electron chi connectivity index (χ1n) is 6.73. The highest BCUT2D eigenvalue weighted by atomic mass is 32.2. The molecule has 1 aromatic carbocycles. The van der Waals surface area contributed by atoms with E-state index in [0.717, 1.165) is 25.9 Å². The maximum absolute atomic E-state index is 12.7. The van der Waals surface area contributed by atoms with Gasteiger partial charge in [0.2, 0.25) is 0 Å². The third-order valence-electron chi connectivity index (χ3n) is 3.99. The number of likely N-dealkylation sites (tertiary alicyclic amines) is 1. The average molecular weight is 282 g/mol. The molecule has 1 unspecified atom stereocenters. The van der Waals surface area contributed by atoms with Crippen LogP contribution < -0.4 is 5.73 Å². The molecule has 0 spiro atoms. The zero-order valence-corrected chi connectivity index (χ0v) is 12.1. The van der Waals surface area contributed by atoms with Crippen LogP contribution in [-0.2, 0) is 9.84 Å². The number of nitrogens with two attached hydrogens (primary N) is 1. The fourth-order valence-electron chi connectivity index (χ4n) is 2.76. The van der Waals surface area contributed by atoms with Gasteiger partial charge in [0.25, 0.3) is 0 Å². The Morgan fingerprint density at radius 3 is 2.37 bits per heavy atom. The smallest absolute Gasteiger partial charge is 0.182 e. The minimum atomic E-state index is -3.31. The highest BCUT2D eigenvalue weighted by molar-refractivity contribution is 7.92. The molecule has 1 heterocycles. The van der Waals surface area contributed by atoms with Crippen molar-refractivity contribution in [2.75, 3.05) is 26.7 Å². The Bertz CT molecular complexity index is 493. The van der Waals surface area contributed by atoms with Crippen LogP contribution in [0.1, 0.15) is 12.8 Å². The van der Waals surface area contributed by atoms with Crippen LogP contribution in [0, 0.1) is 5.92 Å². The van der Waals surface area contributed by atoms with E-state index in [-0.39, 0.29) is 12.5 Å². The van der Waals surface area contributed by atoms with E-state index in [9.17, 15) is 8.42 Å². The molecule has 5 heteroatoms. The summed E-state index contributed by atoms with van der Waals surface area (Å²) in [6.07, 6.45) is 1.81. The zero-order chi connectivity index (χ0) is 13.9. The van der Waals surface area contributed by atoms with Gasteiger partial charge in [-0.1, -0.05) is 18.2 Å². The maximum atomic E-state index is 12.7. The van der Waals surface area contributed by atoms with Crippen molar-refractivity contribution in [2.24, 2.45) is 11.7 Å². The summed E-state index contributed by atoms with van der Waals surface area (Å²) in [5.74, 6) is 0.173. The molecular formula is C14H22N2O2S. The van der Waals surface area contributed by atoms with E-state index in [4.69, 9.17) is 5.73 Å². The number of piperidine rings is 1.